The molecule has 1 saturated carbocycles. The second-order valence-corrected chi connectivity index (χ2v) is 5.06. The van der Waals surface area contributed by atoms with Gasteiger partial charge in [-0.3, -0.25) is 4.79 Å². The Balaban J connectivity index is 2.44. The second kappa shape index (κ2) is 7.36. The van der Waals surface area contributed by atoms with Crippen LogP contribution in [-0.4, -0.2) is 35.6 Å². The number of carbonyl (C=O) groups excluding carboxylic acids is 1. The van der Waals surface area contributed by atoms with Gasteiger partial charge < -0.3 is 15.7 Å². The molecular formula is C13H24N2O3. The number of carboxylic acid groups (broad SMARTS) is 1. The van der Waals surface area contributed by atoms with Crippen LogP contribution < -0.4 is 10.6 Å². The maximum atomic E-state index is 11.0. The highest BCUT2D eigenvalue weighted by atomic mass is 16.4. The fourth-order valence-electron chi connectivity index (χ4n) is 2.68. The summed E-state index contributed by atoms with van der Waals surface area (Å²) >= 11 is 0. The Kier molecular flexibility index (Phi) is 6.12. The van der Waals surface area contributed by atoms with Gasteiger partial charge in [0, 0.05) is 19.5 Å². The van der Waals surface area contributed by atoms with Crippen LogP contribution in [0.5, 0.6) is 0 Å². The lowest BCUT2D eigenvalue weighted by molar-refractivity contribution is -0.141. The largest absolute Gasteiger partial charge is 0.480 e. The minimum Gasteiger partial charge on any atom is -0.480 e. The molecule has 18 heavy (non-hydrogen) atoms. The van der Waals surface area contributed by atoms with Gasteiger partial charge in [0.25, 0.3) is 0 Å². The predicted octanol–water partition coefficient (Wildman–Crippen LogP) is 1.13. The summed E-state index contributed by atoms with van der Waals surface area (Å²) in [7, 11) is 0. The number of amides is 1. The quantitative estimate of drug-likeness (QED) is 0.666. The molecular weight excluding hydrogens is 232 g/mol. The molecule has 1 amide bonds. The van der Waals surface area contributed by atoms with Crippen LogP contribution in [0.15, 0.2) is 0 Å². The highest BCUT2D eigenvalue weighted by Crippen LogP contribution is 2.26. The molecule has 1 aliphatic carbocycles. The number of aliphatic carboxylic acids is 1. The zero-order chi connectivity index (χ0) is 13.5. The van der Waals surface area contributed by atoms with E-state index in [0.29, 0.717) is 18.5 Å². The highest BCUT2D eigenvalue weighted by molar-refractivity contribution is 5.82. The molecule has 1 fully saturated rings. The maximum Gasteiger partial charge on any atom is 0.327 e. The molecule has 0 heterocycles. The van der Waals surface area contributed by atoms with E-state index < -0.39 is 12.0 Å². The first-order valence-electron chi connectivity index (χ1n) is 6.77. The molecule has 5 nitrogen and oxygen atoms in total. The second-order valence-electron chi connectivity index (χ2n) is 5.06. The molecule has 0 spiro atoms. The first-order chi connectivity index (χ1) is 8.54. The number of carbonyl (C=O) groups is 2. The van der Waals surface area contributed by atoms with Gasteiger partial charge in [-0.05, 0) is 18.8 Å². The summed E-state index contributed by atoms with van der Waals surface area (Å²) in [5.41, 5.74) is 0. The average Bonchev–Trinajstić information content (AvgIpc) is 2.34. The van der Waals surface area contributed by atoms with Gasteiger partial charge in [0.1, 0.15) is 6.04 Å². The van der Waals surface area contributed by atoms with Crippen LogP contribution in [0.4, 0.5) is 0 Å². The molecule has 3 N–H and O–H groups in total. The molecule has 3 atom stereocenters. The van der Waals surface area contributed by atoms with Crippen molar-refractivity contribution in [2.24, 2.45) is 5.92 Å². The predicted molar refractivity (Wildman–Crippen MR) is 69.3 cm³/mol. The van der Waals surface area contributed by atoms with E-state index in [1.807, 2.05) is 0 Å². The molecule has 5 heteroatoms. The lowest BCUT2D eigenvalue weighted by atomic mass is 9.83. The normalized spacial score (nSPS) is 25.4. The van der Waals surface area contributed by atoms with Crippen LogP contribution in [0, 0.1) is 5.92 Å². The number of hydrogen-bond donors (Lipinski definition) is 3. The van der Waals surface area contributed by atoms with Crippen molar-refractivity contribution in [1.82, 2.24) is 10.6 Å². The van der Waals surface area contributed by atoms with Crippen molar-refractivity contribution in [2.45, 2.75) is 58.0 Å². The van der Waals surface area contributed by atoms with E-state index in [1.165, 1.54) is 26.2 Å². The Morgan fingerprint density at radius 3 is 2.56 bits per heavy atom. The highest BCUT2D eigenvalue weighted by Gasteiger charge is 2.25. The fourth-order valence-corrected chi connectivity index (χ4v) is 2.68. The van der Waals surface area contributed by atoms with E-state index in [4.69, 9.17) is 5.11 Å². The van der Waals surface area contributed by atoms with E-state index in [-0.39, 0.29) is 5.91 Å². The smallest absolute Gasteiger partial charge is 0.327 e. The topological polar surface area (TPSA) is 78.4 Å². The molecule has 1 aliphatic rings. The molecule has 0 bridgehead atoms. The van der Waals surface area contributed by atoms with Crippen molar-refractivity contribution in [3.05, 3.63) is 0 Å². The minimum absolute atomic E-state index is 0.302. The minimum atomic E-state index is -0.985. The van der Waals surface area contributed by atoms with Crippen molar-refractivity contribution in [3.8, 4) is 0 Å². The van der Waals surface area contributed by atoms with Gasteiger partial charge in [0.2, 0.25) is 5.91 Å². The third kappa shape index (κ3) is 4.64. The lowest BCUT2D eigenvalue weighted by Gasteiger charge is -2.32. The van der Waals surface area contributed by atoms with E-state index in [2.05, 4.69) is 17.6 Å². The van der Waals surface area contributed by atoms with E-state index in [1.54, 1.807) is 0 Å². The Hall–Kier alpha value is -1.10. The summed E-state index contributed by atoms with van der Waals surface area (Å²) in [5, 5.41) is 14.8. The average molecular weight is 256 g/mol. The van der Waals surface area contributed by atoms with Gasteiger partial charge in [0.15, 0.2) is 0 Å². The number of rotatable bonds is 6. The third-order valence-corrected chi connectivity index (χ3v) is 3.69. The molecule has 1 rings (SSSR count). The van der Waals surface area contributed by atoms with E-state index in [9.17, 15) is 9.59 Å². The monoisotopic (exact) mass is 256 g/mol. The van der Waals surface area contributed by atoms with Crippen LogP contribution in [0.3, 0.4) is 0 Å². The molecule has 0 aromatic rings. The van der Waals surface area contributed by atoms with Crippen molar-refractivity contribution >= 4 is 11.9 Å². The van der Waals surface area contributed by atoms with Crippen LogP contribution in [-0.2, 0) is 9.59 Å². The Morgan fingerprint density at radius 1 is 1.33 bits per heavy atom. The van der Waals surface area contributed by atoms with Crippen molar-refractivity contribution in [1.29, 1.82) is 0 Å². The SMILES string of the molecule is CCC1CCCCC1NCC(NC(C)=O)C(=O)O. The van der Waals surface area contributed by atoms with Gasteiger partial charge in [0.05, 0.1) is 0 Å². The molecule has 0 saturated heterocycles. The van der Waals surface area contributed by atoms with Gasteiger partial charge in [-0.1, -0.05) is 26.2 Å². The van der Waals surface area contributed by atoms with Crippen LogP contribution >= 0.6 is 0 Å². The summed E-state index contributed by atoms with van der Waals surface area (Å²) in [5.74, 6) is -0.660. The Bertz CT molecular complexity index is 294. The van der Waals surface area contributed by atoms with E-state index in [0.717, 1.165) is 12.8 Å². The van der Waals surface area contributed by atoms with Gasteiger partial charge in [-0.2, -0.15) is 0 Å². The van der Waals surface area contributed by atoms with Crippen molar-refractivity contribution in [2.75, 3.05) is 6.54 Å². The first kappa shape index (κ1) is 15.0. The number of hydrogen-bond acceptors (Lipinski definition) is 3. The Morgan fingerprint density at radius 2 is 2.00 bits per heavy atom. The van der Waals surface area contributed by atoms with Crippen LogP contribution in [0.1, 0.15) is 46.0 Å². The summed E-state index contributed by atoms with van der Waals surface area (Å²) in [4.78, 5) is 21.9. The summed E-state index contributed by atoms with van der Waals surface area (Å²) in [6.07, 6.45) is 5.91. The van der Waals surface area contributed by atoms with Crippen LogP contribution in [0.2, 0.25) is 0 Å². The number of carboxylic acids is 1. The molecule has 0 aromatic carbocycles. The zero-order valence-corrected chi connectivity index (χ0v) is 11.2. The summed E-state index contributed by atoms with van der Waals surface area (Å²) in [6, 6.07) is -0.443. The molecule has 0 aliphatic heterocycles. The van der Waals surface area contributed by atoms with Gasteiger partial charge in [-0.25, -0.2) is 4.79 Å². The first-order valence-corrected chi connectivity index (χ1v) is 6.77. The van der Waals surface area contributed by atoms with Gasteiger partial charge in [-0.15, -0.1) is 0 Å². The molecule has 3 unspecified atom stereocenters. The lowest BCUT2D eigenvalue weighted by Crippen LogP contribution is -2.50. The van der Waals surface area contributed by atoms with Crippen molar-refractivity contribution in [3.63, 3.8) is 0 Å². The van der Waals surface area contributed by atoms with Crippen molar-refractivity contribution < 1.29 is 14.7 Å². The standard InChI is InChI=1S/C13H24N2O3/c1-3-10-6-4-5-7-11(10)14-8-12(13(17)18)15-9(2)16/h10-12,14H,3-8H2,1-2H3,(H,15,16)(H,17,18). The molecule has 104 valence electrons. The Labute approximate surface area is 108 Å². The summed E-state index contributed by atoms with van der Waals surface area (Å²) in [6.45, 7) is 3.81. The van der Waals surface area contributed by atoms with Gasteiger partial charge >= 0.3 is 5.97 Å². The van der Waals surface area contributed by atoms with Crippen LogP contribution in [0.25, 0.3) is 0 Å². The summed E-state index contributed by atoms with van der Waals surface area (Å²) < 4.78 is 0. The number of nitrogens with one attached hydrogen (secondary N) is 2. The maximum absolute atomic E-state index is 11.0. The fraction of sp³-hybridized carbons (Fsp3) is 0.846. The zero-order valence-electron chi connectivity index (χ0n) is 11.2. The van der Waals surface area contributed by atoms with E-state index >= 15 is 0 Å². The molecule has 0 aromatic heterocycles. The molecule has 0 radical (unpaired) electrons. The third-order valence-electron chi connectivity index (χ3n) is 3.69.